The lowest BCUT2D eigenvalue weighted by atomic mass is 9.97. The molecule has 1 atom stereocenters. The highest BCUT2D eigenvalue weighted by Gasteiger charge is 2.33. The van der Waals surface area contributed by atoms with Crippen molar-refractivity contribution in [3.05, 3.63) is 71.4 Å². The van der Waals surface area contributed by atoms with Gasteiger partial charge in [-0.2, -0.15) is 18.2 Å². The number of alkyl halides is 3. The number of benzene rings is 2. The zero-order chi connectivity index (χ0) is 21.3. The Kier molecular flexibility index (Phi) is 5.27. The molecule has 0 radical (unpaired) electrons. The molecule has 1 aliphatic rings. The van der Waals surface area contributed by atoms with Gasteiger partial charge in [0.1, 0.15) is 5.82 Å². The monoisotopic (exact) mass is 419 g/mol. The predicted octanol–water partition coefficient (Wildman–Crippen LogP) is 4.91. The van der Waals surface area contributed by atoms with Crippen LogP contribution >= 0.6 is 0 Å². The van der Waals surface area contributed by atoms with Crippen LogP contribution in [0.15, 0.2) is 53.1 Å². The number of amides is 1. The summed E-state index contributed by atoms with van der Waals surface area (Å²) in [5.74, 6) is -0.417. The van der Waals surface area contributed by atoms with Crippen LogP contribution in [0.1, 0.15) is 40.6 Å². The van der Waals surface area contributed by atoms with Gasteiger partial charge >= 0.3 is 6.18 Å². The van der Waals surface area contributed by atoms with Crippen molar-refractivity contribution >= 4 is 5.91 Å². The molecule has 30 heavy (non-hydrogen) atoms. The van der Waals surface area contributed by atoms with Crippen LogP contribution in [0.25, 0.3) is 11.4 Å². The van der Waals surface area contributed by atoms with E-state index in [0.29, 0.717) is 36.7 Å². The molecule has 1 amide bonds. The highest BCUT2D eigenvalue weighted by molar-refractivity contribution is 5.94. The van der Waals surface area contributed by atoms with Gasteiger partial charge in [-0.25, -0.2) is 4.39 Å². The second-order valence-corrected chi connectivity index (χ2v) is 7.13. The molecule has 3 aromatic rings. The Bertz CT molecular complexity index is 1050. The van der Waals surface area contributed by atoms with Crippen LogP contribution in [-0.4, -0.2) is 34.0 Å². The highest BCUT2D eigenvalue weighted by Crippen LogP contribution is 2.31. The van der Waals surface area contributed by atoms with Gasteiger partial charge in [0.2, 0.25) is 11.7 Å². The van der Waals surface area contributed by atoms with E-state index >= 15 is 0 Å². The van der Waals surface area contributed by atoms with E-state index in [-0.39, 0.29) is 23.8 Å². The van der Waals surface area contributed by atoms with Gasteiger partial charge in [0, 0.05) is 24.2 Å². The van der Waals surface area contributed by atoms with Crippen LogP contribution < -0.4 is 0 Å². The average molecular weight is 419 g/mol. The molecule has 1 aromatic heterocycles. The molecule has 1 unspecified atom stereocenters. The molecule has 9 heteroatoms. The molecule has 156 valence electrons. The van der Waals surface area contributed by atoms with Gasteiger partial charge < -0.3 is 9.42 Å². The number of rotatable bonds is 3. The molecule has 1 aliphatic heterocycles. The minimum atomic E-state index is -4.51. The molecule has 0 N–H and O–H groups in total. The Morgan fingerprint density at radius 3 is 2.63 bits per heavy atom. The van der Waals surface area contributed by atoms with Crippen LogP contribution in [0.4, 0.5) is 17.6 Å². The van der Waals surface area contributed by atoms with Crippen molar-refractivity contribution in [1.29, 1.82) is 0 Å². The van der Waals surface area contributed by atoms with Crippen molar-refractivity contribution in [3.63, 3.8) is 0 Å². The van der Waals surface area contributed by atoms with E-state index in [2.05, 4.69) is 10.1 Å². The third kappa shape index (κ3) is 4.19. The third-order valence-corrected chi connectivity index (χ3v) is 5.04. The number of nitrogens with zero attached hydrogens (tertiary/aromatic N) is 3. The van der Waals surface area contributed by atoms with Gasteiger partial charge in [0.15, 0.2) is 0 Å². The number of piperidine rings is 1. The number of hydrogen-bond donors (Lipinski definition) is 0. The maximum absolute atomic E-state index is 13.1. The summed E-state index contributed by atoms with van der Waals surface area (Å²) in [5.41, 5.74) is -0.273. The van der Waals surface area contributed by atoms with E-state index in [1.165, 1.54) is 41.3 Å². The molecular formula is C21H17F4N3O2. The van der Waals surface area contributed by atoms with E-state index in [9.17, 15) is 22.4 Å². The Morgan fingerprint density at radius 1 is 1.13 bits per heavy atom. The fraction of sp³-hybridized carbons (Fsp3) is 0.286. The zero-order valence-corrected chi connectivity index (χ0v) is 15.7. The molecule has 0 bridgehead atoms. The molecule has 1 fully saturated rings. The van der Waals surface area contributed by atoms with Crippen LogP contribution in [-0.2, 0) is 6.18 Å². The second kappa shape index (κ2) is 7.89. The van der Waals surface area contributed by atoms with Crippen molar-refractivity contribution in [2.75, 3.05) is 13.1 Å². The first-order valence-electron chi connectivity index (χ1n) is 9.37. The molecule has 0 saturated carbocycles. The Labute approximate surface area is 169 Å². The maximum atomic E-state index is 13.1. The van der Waals surface area contributed by atoms with Crippen LogP contribution in [0.5, 0.6) is 0 Å². The van der Waals surface area contributed by atoms with E-state index in [1.54, 1.807) is 0 Å². The molecule has 0 aliphatic carbocycles. The van der Waals surface area contributed by atoms with Crippen molar-refractivity contribution < 1.29 is 26.9 Å². The first-order valence-corrected chi connectivity index (χ1v) is 9.37. The zero-order valence-electron chi connectivity index (χ0n) is 15.7. The first kappa shape index (κ1) is 20.1. The summed E-state index contributed by atoms with van der Waals surface area (Å²) in [6.45, 7) is 0.699. The molecule has 2 aromatic carbocycles. The predicted molar refractivity (Wildman–Crippen MR) is 99.0 cm³/mol. The first-order chi connectivity index (χ1) is 14.3. The van der Waals surface area contributed by atoms with Crippen LogP contribution in [0.3, 0.4) is 0 Å². The minimum absolute atomic E-state index is 0.0111. The third-order valence-electron chi connectivity index (χ3n) is 5.04. The Balaban J connectivity index is 1.50. The van der Waals surface area contributed by atoms with Crippen molar-refractivity contribution in [2.45, 2.75) is 24.9 Å². The quantitative estimate of drug-likeness (QED) is 0.566. The van der Waals surface area contributed by atoms with Gasteiger partial charge in [-0.15, -0.1) is 0 Å². The van der Waals surface area contributed by atoms with Gasteiger partial charge in [-0.05, 0) is 55.3 Å². The van der Waals surface area contributed by atoms with Crippen LogP contribution in [0.2, 0.25) is 0 Å². The number of halogens is 4. The molecule has 5 nitrogen and oxygen atoms in total. The molecule has 0 spiro atoms. The molecular weight excluding hydrogens is 402 g/mol. The van der Waals surface area contributed by atoms with Crippen LogP contribution in [0, 0.1) is 5.82 Å². The molecule has 1 saturated heterocycles. The topological polar surface area (TPSA) is 59.2 Å². The summed E-state index contributed by atoms with van der Waals surface area (Å²) < 4.78 is 57.3. The van der Waals surface area contributed by atoms with Crippen molar-refractivity contribution in [3.8, 4) is 11.4 Å². The minimum Gasteiger partial charge on any atom is -0.339 e. The number of carbonyl (C=O) groups excluding carboxylic acids is 1. The maximum Gasteiger partial charge on any atom is 0.416 e. The van der Waals surface area contributed by atoms with E-state index < -0.39 is 17.6 Å². The van der Waals surface area contributed by atoms with Gasteiger partial charge in [-0.3, -0.25) is 4.79 Å². The van der Waals surface area contributed by atoms with E-state index in [0.717, 1.165) is 12.1 Å². The summed E-state index contributed by atoms with van der Waals surface area (Å²) in [6, 6.07) is 10.1. The van der Waals surface area contributed by atoms with Gasteiger partial charge in [0.05, 0.1) is 11.5 Å². The summed E-state index contributed by atoms with van der Waals surface area (Å²) in [7, 11) is 0. The van der Waals surface area contributed by atoms with Gasteiger partial charge in [-0.1, -0.05) is 11.2 Å². The highest BCUT2D eigenvalue weighted by atomic mass is 19.4. The largest absolute Gasteiger partial charge is 0.416 e. The number of carbonyl (C=O) groups is 1. The fourth-order valence-electron chi connectivity index (χ4n) is 3.49. The van der Waals surface area contributed by atoms with Gasteiger partial charge in [0.25, 0.3) is 5.91 Å². The summed E-state index contributed by atoms with van der Waals surface area (Å²) in [4.78, 5) is 18.6. The smallest absolute Gasteiger partial charge is 0.339 e. The lowest BCUT2D eigenvalue weighted by Gasteiger charge is -2.31. The van der Waals surface area contributed by atoms with Crippen molar-refractivity contribution in [2.24, 2.45) is 0 Å². The SMILES string of the molecule is O=C(c1cccc(C(F)(F)F)c1)N1CCCC(c2nc(-c3ccc(F)cc3)no2)C1. The average Bonchev–Trinajstić information content (AvgIpc) is 3.24. The summed E-state index contributed by atoms with van der Waals surface area (Å²) in [5, 5.41) is 3.92. The lowest BCUT2D eigenvalue weighted by Crippen LogP contribution is -2.39. The summed E-state index contributed by atoms with van der Waals surface area (Å²) in [6.07, 6.45) is -3.15. The van der Waals surface area contributed by atoms with E-state index in [1.807, 2.05) is 0 Å². The second-order valence-electron chi connectivity index (χ2n) is 7.13. The van der Waals surface area contributed by atoms with Crippen molar-refractivity contribution in [1.82, 2.24) is 15.0 Å². The number of aromatic nitrogens is 2. The number of likely N-dealkylation sites (tertiary alicyclic amines) is 1. The standard InChI is InChI=1S/C21H17F4N3O2/c22-17-8-6-13(7-9-17)18-26-19(30-27-18)15-4-2-10-28(12-15)20(29)14-3-1-5-16(11-14)21(23,24)25/h1,3,5-9,11,15H,2,4,10,12H2. The fourth-order valence-corrected chi connectivity index (χ4v) is 3.49. The summed E-state index contributed by atoms with van der Waals surface area (Å²) >= 11 is 0. The Morgan fingerprint density at radius 2 is 1.90 bits per heavy atom. The normalized spacial score (nSPS) is 17.2. The molecule has 2 heterocycles. The lowest BCUT2D eigenvalue weighted by molar-refractivity contribution is -0.137. The number of hydrogen-bond acceptors (Lipinski definition) is 4. The molecule has 4 rings (SSSR count). The Hall–Kier alpha value is -3.23. The van der Waals surface area contributed by atoms with E-state index in [4.69, 9.17) is 4.52 Å².